The lowest BCUT2D eigenvalue weighted by Crippen LogP contribution is -2.37. The summed E-state index contributed by atoms with van der Waals surface area (Å²) >= 11 is 0. The maximum absolute atomic E-state index is 12.4. The van der Waals surface area contributed by atoms with Gasteiger partial charge in [-0.15, -0.1) is 0 Å². The predicted octanol–water partition coefficient (Wildman–Crippen LogP) is 1.98. The van der Waals surface area contributed by atoms with Gasteiger partial charge < -0.3 is 5.32 Å². The van der Waals surface area contributed by atoms with Gasteiger partial charge in [-0.25, -0.2) is 13.1 Å². The summed E-state index contributed by atoms with van der Waals surface area (Å²) in [5.41, 5.74) is 0.570. The highest BCUT2D eigenvalue weighted by Gasteiger charge is 2.27. The van der Waals surface area contributed by atoms with Crippen LogP contribution in [0.5, 0.6) is 0 Å². The van der Waals surface area contributed by atoms with E-state index in [0.29, 0.717) is 11.6 Å². The summed E-state index contributed by atoms with van der Waals surface area (Å²) in [5.74, 6) is 0.449. The third kappa shape index (κ3) is 3.25. The summed E-state index contributed by atoms with van der Waals surface area (Å²) in [6, 6.07) is 1.63. The first-order chi connectivity index (χ1) is 9.04. The van der Waals surface area contributed by atoms with Gasteiger partial charge in [0.2, 0.25) is 10.0 Å². The maximum Gasteiger partial charge on any atom is 0.244 e. The molecule has 2 rings (SSSR count). The van der Waals surface area contributed by atoms with Gasteiger partial charge in [0.15, 0.2) is 0 Å². The fraction of sp³-hybridized carbons (Fsp3) is 0.615. The molecule has 1 aromatic heterocycles. The molecule has 0 radical (unpaired) electrons. The highest BCUT2D eigenvalue weighted by Crippen LogP contribution is 2.28. The van der Waals surface area contributed by atoms with Gasteiger partial charge in [0, 0.05) is 25.5 Å². The number of nitrogens with zero attached hydrogens (tertiary/aromatic N) is 1. The van der Waals surface area contributed by atoms with Gasteiger partial charge in [0.1, 0.15) is 4.90 Å². The Morgan fingerprint density at radius 1 is 1.37 bits per heavy atom. The fourth-order valence-electron chi connectivity index (χ4n) is 2.66. The van der Waals surface area contributed by atoms with Crippen LogP contribution in [0.2, 0.25) is 0 Å². The van der Waals surface area contributed by atoms with Gasteiger partial charge in [-0.3, -0.25) is 4.98 Å². The van der Waals surface area contributed by atoms with Crippen LogP contribution < -0.4 is 10.0 Å². The molecule has 6 heteroatoms. The molecule has 1 aromatic rings. The van der Waals surface area contributed by atoms with Crippen molar-refractivity contribution in [1.82, 2.24) is 9.71 Å². The van der Waals surface area contributed by atoms with Crippen LogP contribution in [0.25, 0.3) is 0 Å². The zero-order valence-corrected chi connectivity index (χ0v) is 12.2. The van der Waals surface area contributed by atoms with Crippen molar-refractivity contribution in [2.75, 3.05) is 12.4 Å². The van der Waals surface area contributed by atoms with Gasteiger partial charge in [0.25, 0.3) is 0 Å². The summed E-state index contributed by atoms with van der Waals surface area (Å²) in [4.78, 5) is 4.12. The van der Waals surface area contributed by atoms with Crippen molar-refractivity contribution in [3.8, 4) is 0 Å². The highest BCUT2D eigenvalue weighted by molar-refractivity contribution is 7.89. The van der Waals surface area contributed by atoms with Gasteiger partial charge >= 0.3 is 0 Å². The Morgan fingerprint density at radius 2 is 2.05 bits per heavy atom. The molecule has 1 fully saturated rings. The molecule has 1 aliphatic rings. The third-order valence-electron chi connectivity index (χ3n) is 3.79. The Hall–Kier alpha value is -1.14. The summed E-state index contributed by atoms with van der Waals surface area (Å²) in [5, 5.41) is 2.89. The second-order valence-corrected chi connectivity index (χ2v) is 6.76. The fourth-order valence-corrected chi connectivity index (χ4v) is 4.13. The number of hydrogen-bond acceptors (Lipinski definition) is 4. The smallest absolute Gasteiger partial charge is 0.244 e. The Labute approximate surface area is 114 Å². The quantitative estimate of drug-likeness (QED) is 0.867. The Bertz CT molecular complexity index is 524. The zero-order valence-electron chi connectivity index (χ0n) is 11.4. The van der Waals surface area contributed by atoms with Crippen molar-refractivity contribution in [3.05, 3.63) is 18.5 Å². The molecule has 1 atom stereocenters. The van der Waals surface area contributed by atoms with E-state index in [1.54, 1.807) is 19.3 Å². The number of aromatic nitrogens is 1. The van der Waals surface area contributed by atoms with E-state index in [2.05, 4.69) is 15.0 Å². The second-order valence-electron chi connectivity index (χ2n) is 5.08. The molecule has 1 heterocycles. The van der Waals surface area contributed by atoms with Crippen LogP contribution in [-0.2, 0) is 10.0 Å². The summed E-state index contributed by atoms with van der Waals surface area (Å²) in [6.07, 6.45) is 7.57. The van der Waals surface area contributed by atoms with E-state index < -0.39 is 10.0 Å². The normalized spacial score (nSPS) is 18.4. The van der Waals surface area contributed by atoms with Crippen LogP contribution in [0, 0.1) is 5.92 Å². The van der Waals surface area contributed by atoms with E-state index in [1.807, 2.05) is 6.92 Å². The lowest BCUT2D eigenvalue weighted by Gasteiger charge is -2.21. The lowest BCUT2D eigenvalue weighted by molar-refractivity contribution is 0.424. The zero-order chi connectivity index (χ0) is 13.9. The first-order valence-corrected chi connectivity index (χ1v) is 8.17. The van der Waals surface area contributed by atoms with E-state index >= 15 is 0 Å². The molecule has 1 unspecified atom stereocenters. The van der Waals surface area contributed by atoms with Crippen LogP contribution in [-0.4, -0.2) is 26.5 Å². The molecule has 0 saturated heterocycles. The monoisotopic (exact) mass is 283 g/mol. The molecule has 0 spiro atoms. The topological polar surface area (TPSA) is 71.1 Å². The largest absolute Gasteiger partial charge is 0.387 e. The van der Waals surface area contributed by atoms with E-state index in [0.717, 1.165) is 12.8 Å². The van der Waals surface area contributed by atoms with Crippen LogP contribution >= 0.6 is 0 Å². The van der Waals surface area contributed by atoms with Crippen molar-refractivity contribution >= 4 is 15.7 Å². The standard InChI is InChI=1S/C13H21N3O2S/c1-10(11-5-3-4-6-11)16-19(17,18)13-9-15-8-7-12(13)14-2/h7-11,16H,3-6H2,1-2H3,(H,14,15). The Morgan fingerprint density at radius 3 is 2.68 bits per heavy atom. The van der Waals surface area contributed by atoms with Crippen molar-refractivity contribution in [2.45, 2.75) is 43.5 Å². The number of nitrogens with one attached hydrogen (secondary N) is 2. The summed E-state index contributed by atoms with van der Waals surface area (Å²) in [7, 11) is -1.81. The number of rotatable bonds is 5. The highest BCUT2D eigenvalue weighted by atomic mass is 32.2. The molecule has 0 aromatic carbocycles. The van der Waals surface area contributed by atoms with E-state index in [9.17, 15) is 8.42 Å². The number of anilines is 1. The first-order valence-electron chi connectivity index (χ1n) is 6.68. The molecule has 1 aliphatic carbocycles. The van der Waals surface area contributed by atoms with Crippen molar-refractivity contribution < 1.29 is 8.42 Å². The van der Waals surface area contributed by atoms with E-state index in [1.165, 1.54) is 19.0 Å². The molecule has 2 N–H and O–H groups in total. The number of hydrogen-bond donors (Lipinski definition) is 2. The van der Waals surface area contributed by atoms with Gasteiger partial charge in [-0.2, -0.15) is 0 Å². The molecule has 0 amide bonds. The van der Waals surface area contributed by atoms with Gasteiger partial charge in [-0.1, -0.05) is 12.8 Å². The maximum atomic E-state index is 12.4. The molecule has 19 heavy (non-hydrogen) atoms. The van der Waals surface area contributed by atoms with E-state index in [4.69, 9.17) is 0 Å². The average Bonchev–Trinajstić information content (AvgIpc) is 2.92. The summed E-state index contributed by atoms with van der Waals surface area (Å²) < 4.78 is 27.6. The summed E-state index contributed by atoms with van der Waals surface area (Å²) in [6.45, 7) is 1.95. The molecular weight excluding hydrogens is 262 g/mol. The van der Waals surface area contributed by atoms with Crippen LogP contribution in [0.4, 0.5) is 5.69 Å². The second kappa shape index (κ2) is 5.88. The lowest BCUT2D eigenvalue weighted by atomic mass is 10.0. The Kier molecular flexibility index (Phi) is 4.42. The van der Waals surface area contributed by atoms with Crippen molar-refractivity contribution in [2.24, 2.45) is 5.92 Å². The molecule has 0 aliphatic heterocycles. The molecule has 5 nitrogen and oxygen atoms in total. The van der Waals surface area contributed by atoms with Crippen LogP contribution in [0.3, 0.4) is 0 Å². The SMILES string of the molecule is CNc1ccncc1S(=O)(=O)NC(C)C1CCCC1. The molecule has 106 valence electrons. The third-order valence-corrected chi connectivity index (χ3v) is 5.38. The van der Waals surface area contributed by atoms with Crippen LogP contribution in [0.1, 0.15) is 32.6 Å². The minimum Gasteiger partial charge on any atom is -0.387 e. The van der Waals surface area contributed by atoms with Crippen molar-refractivity contribution in [3.63, 3.8) is 0 Å². The molecular formula is C13H21N3O2S. The molecule has 0 bridgehead atoms. The molecule has 1 saturated carbocycles. The van der Waals surface area contributed by atoms with Gasteiger partial charge in [0.05, 0.1) is 5.69 Å². The predicted molar refractivity (Wildman–Crippen MR) is 75.5 cm³/mol. The number of pyridine rings is 1. The van der Waals surface area contributed by atoms with Crippen molar-refractivity contribution in [1.29, 1.82) is 0 Å². The van der Waals surface area contributed by atoms with E-state index in [-0.39, 0.29) is 10.9 Å². The van der Waals surface area contributed by atoms with Gasteiger partial charge in [-0.05, 0) is 31.7 Å². The average molecular weight is 283 g/mol. The minimum atomic E-state index is -3.51. The Balaban J connectivity index is 2.17. The first kappa shape index (κ1) is 14.3. The number of sulfonamides is 1. The minimum absolute atomic E-state index is 0.0302. The van der Waals surface area contributed by atoms with Crippen LogP contribution in [0.15, 0.2) is 23.4 Å².